The van der Waals surface area contributed by atoms with Crippen molar-refractivity contribution in [1.29, 1.82) is 0 Å². The number of hydrogen-bond donors (Lipinski definition) is 1. The lowest BCUT2D eigenvalue weighted by Gasteiger charge is -2.25. The van der Waals surface area contributed by atoms with Crippen molar-refractivity contribution in [2.75, 3.05) is 19.1 Å². The Morgan fingerprint density at radius 1 is 1.06 bits per heavy atom. The molecule has 8 heteroatoms. The molecule has 1 aliphatic rings. The van der Waals surface area contributed by atoms with Gasteiger partial charge in [-0.25, -0.2) is 0 Å². The number of methoxy groups -OCH3 is 2. The second-order valence-corrected chi connectivity index (χ2v) is 7.83. The molecule has 1 amide bonds. The maximum atomic E-state index is 13.3. The molecule has 1 saturated heterocycles. The number of aryl methyl sites for hydroxylation is 1. The summed E-state index contributed by atoms with van der Waals surface area (Å²) in [4.78, 5) is 32.0. The monoisotopic (exact) mass is 464 g/mol. The molecule has 168 valence electrons. The van der Waals surface area contributed by atoms with Gasteiger partial charge in [-0.2, -0.15) is 0 Å². The van der Waals surface area contributed by atoms with Gasteiger partial charge in [0.2, 0.25) is 0 Å². The molecule has 0 radical (unpaired) electrons. The Hall–Kier alpha value is -3.84. The van der Waals surface area contributed by atoms with Crippen molar-refractivity contribution in [3.63, 3.8) is 0 Å². The number of aliphatic hydroxyl groups excluding tert-OH is 1. The highest BCUT2D eigenvalue weighted by Crippen LogP contribution is 2.45. The summed E-state index contributed by atoms with van der Waals surface area (Å²) in [5.41, 5.74) is 1.87. The second kappa shape index (κ2) is 8.96. The van der Waals surface area contributed by atoms with E-state index in [-0.39, 0.29) is 11.1 Å². The van der Waals surface area contributed by atoms with Crippen LogP contribution in [0.15, 0.2) is 66.5 Å². The number of ether oxygens (including phenoxy) is 2. The molecule has 0 saturated carbocycles. The van der Waals surface area contributed by atoms with Crippen LogP contribution in [0.4, 0.5) is 5.69 Å². The smallest absolute Gasteiger partial charge is 0.300 e. The third kappa shape index (κ3) is 3.81. The molecule has 0 aliphatic carbocycles. The number of rotatable bonds is 5. The number of benzene rings is 2. The van der Waals surface area contributed by atoms with E-state index in [1.807, 2.05) is 6.92 Å². The Kier molecular flexibility index (Phi) is 6.07. The summed E-state index contributed by atoms with van der Waals surface area (Å²) in [5.74, 6) is -1.45. The number of amides is 1. The molecule has 1 atom stereocenters. The average molecular weight is 465 g/mol. The normalized spacial score (nSPS) is 17.3. The van der Waals surface area contributed by atoms with E-state index in [0.717, 1.165) is 5.56 Å². The van der Waals surface area contributed by atoms with Gasteiger partial charge in [0.1, 0.15) is 22.8 Å². The van der Waals surface area contributed by atoms with Crippen molar-refractivity contribution >= 4 is 34.7 Å². The summed E-state index contributed by atoms with van der Waals surface area (Å²) < 4.78 is 10.8. The molecule has 0 spiro atoms. The Bertz CT molecular complexity index is 1250. The van der Waals surface area contributed by atoms with Crippen LogP contribution in [0.1, 0.15) is 22.7 Å². The van der Waals surface area contributed by atoms with Crippen LogP contribution < -0.4 is 14.4 Å². The number of pyridine rings is 1. The number of aliphatic hydroxyl groups is 1. The summed E-state index contributed by atoms with van der Waals surface area (Å²) in [5, 5.41) is 11.9. The first-order valence-corrected chi connectivity index (χ1v) is 10.4. The van der Waals surface area contributed by atoms with Crippen LogP contribution in [0.3, 0.4) is 0 Å². The molecule has 0 bridgehead atoms. The molecule has 1 N–H and O–H groups in total. The van der Waals surface area contributed by atoms with Crippen molar-refractivity contribution in [2.24, 2.45) is 0 Å². The van der Waals surface area contributed by atoms with Gasteiger partial charge in [0.25, 0.3) is 11.7 Å². The lowest BCUT2D eigenvalue weighted by atomic mass is 9.95. The minimum Gasteiger partial charge on any atom is -0.506 e. The summed E-state index contributed by atoms with van der Waals surface area (Å²) in [6.07, 6.45) is 3.13. The molecule has 2 heterocycles. The Labute approximate surface area is 195 Å². The number of carbonyl (C=O) groups is 2. The summed E-state index contributed by atoms with van der Waals surface area (Å²) in [6, 6.07) is 12.5. The second-order valence-electron chi connectivity index (χ2n) is 7.43. The predicted molar refractivity (Wildman–Crippen MR) is 125 cm³/mol. The highest BCUT2D eigenvalue weighted by atomic mass is 35.5. The lowest BCUT2D eigenvalue weighted by molar-refractivity contribution is -0.132. The standard InChI is InChI=1S/C25H21ClN2O5/c1-14-9-10-16(12-17(14)26)28-22(15-6-5-11-27-13-15)21(24(30)25(28)31)23(29)20-18(32-2)7-4-8-19(20)33-3/h4-13,22,29H,1-3H3/b23-21+. The minimum atomic E-state index is -0.938. The van der Waals surface area contributed by atoms with E-state index in [0.29, 0.717) is 27.8 Å². The number of carbonyl (C=O) groups excluding carboxylic acids is 2. The van der Waals surface area contributed by atoms with E-state index < -0.39 is 23.5 Å². The van der Waals surface area contributed by atoms with E-state index in [2.05, 4.69) is 4.98 Å². The van der Waals surface area contributed by atoms with Gasteiger partial charge in [-0.05, 0) is 48.4 Å². The molecule has 3 aromatic rings. The van der Waals surface area contributed by atoms with Gasteiger partial charge in [-0.1, -0.05) is 29.8 Å². The fourth-order valence-corrected chi connectivity index (χ4v) is 4.08. The number of aromatic nitrogens is 1. The fraction of sp³-hybridized carbons (Fsp3) is 0.160. The van der Waals surface area contributed by atoms with Crippen LogP contribution in [0, 0.1) is 6.92 Å². The van der Waals surface area contributed by atoms with E-state index in [4.69, 9.17) is 21.1 Å². The molecule has 33 heavy (non-hydrogen) atoms. The van der Waals surface area contributed by atoms with Crippen LogP contribution in [-0.4, -0.2) is 36.0 Å². The maximum Gasteiger partial charge on any atom is 0.300 e. The molecule has 1 aliphatic heterocycles. The third-order valence-corrected chi connectivity index (χ3v) is 5.95. The number of ketones is 1. The lowest BCUT2D eigenvalue weighted by Crippen LogP contribution is -2.29. The van der Waals surface area contributed by atoms with Crippen molar-refractivity contribution in [3.8, 4) is 11.5 Å². The van der Waals surface area contributed by atoms with E-state index >= 15 is 0 Å². The van der Waals surface area contributed by atoms with Gasteiger partial charge in [0, 0.05) is 23.1 Å². The van der Waals surface area contributed by atoms with Crippen molar-refractivity contribution < 1.29 is 24.2 Å². The highest BCUT2D eigenvalue weighted by molar-refractivity contribution is 6.52. The van der Waals surface area contributed by atoms with Gasteiger partial charge >= 0.3 is 0 Å². The first-order chi connectivity index (χ1) is 15.9. The quantitative estimate of drug-likeness (QED) is 0.335. The van der Waals surface area contributed by atoms with Gasteiger partial charge in [-0.3, -0.25) is 19.5 Å². The maximum absolute atomic E-state index is 13.3. The summed E-state index contributed by atoms with van der Waals surface area (Å²) in [6.45, 7) is 1.84. The molecule has 1 aromatic heterocycles. The Balaban J connectivity index is 2.01. The number of anilines is 1. The largest absolute Gasteiger partial charge is 0.506 e. The summed E-state index contributed by atoms with van der Waals surface area (Å²) >= 11 is 6.31. The number of nitrogens with zero attached hydrogens (tertiary/aromatic N) is 2. The minimum absolute atomic E-state index is 0.104. The average Bonchev–Trinajstić information content (AvgIpc) is 3.10. The number of halogens is 1. The zero-order valence-corrected chi connectivity index (χ0v) is 19.0. The van der Waals surface area contributed by atoms with Crippen LogP contribution in [0.25, 0.3) is 5.76 Å². The molecule has 7 nitrogen and oxygen atoms in total. The molecule has 1 unspecified atom stereocenters. The predicted octanol–water partition coefficient (Wildman–Crippen LogP) is 4.69. The molecule has 1 fully saturated rings. The van der Waals surface area contributed by atoms with Crippen molar-refractivity contribution in [2.45, 2.75) is 13.0 Å². The molecular formula is C25H21ClN2O5. The topological polar surface area (TPSA) is 89.0 Å². The van der Waals surface area contributed by atoms with Crippen LogP contribution >= 0.6 is 11.6 Å². The Morgan fingerprint density at radius 3 is 2.33 bits per heavy atom. The van der Waals surface area contributed by atoms with Gasteiger partial charge in [-0.15, -0.1) is 0 Å². The molecular weight excluding hydrogens is 444 g/mol. The molecule has 4 rings (SSSR count). The van der Waals surface area contributed by atoms with Crippen LogP contribution in [-0.2, 0) is 9.59 Å². The van der Waals surface area contributed by atoms with Crippen molar-refractivity contribution in [3.05, 3.63) is 88.2 Å². The summed E-state index contributed by atoms with van der Waals surface area (Å²) in [7, 11) is 2.88. The SMILES string of the molecule is COc1cccc(OC)c1/C(O)=C1\C(=O)C(=O)N(c2ccc(C)c(Cl)c2)C1c1cccnc1. The van der Waals surface area contributed by atoms with E-state index in [1.165, 1.54) is 19.1 Å². The van der Waals surface area contributed by atoms with Crippen LogP contribution in [0.5, 0.6) is 11.5 Å². The third-order valence-electron chi connectivity index (χ3n) is 5.54. The number of hydrogen-bond acceptors (Lipinski definition) is 6. The van der Waals surface area contributed by atoms with Gasteiger partial charge in [0.15, 0.2) is 0 Å². The first kappa shape index (κ1) is 22.4. The van der Waals surface area contributed by atoms with E-state index in [9.17, 15) is 14.7 Å². The van der Waals surface area contributed by atoms with Crippen molar-refractivity contribution in [1.82, 2.24) is 4.98 Å². The van der Waals surface area contributed by atoms with E-state index in [1.54, 1.807) is 60.9 Å². The highest BCUT2D eigenvalue weighted by Gasteiger charge is 2.47. The fourth-order valence-electron chi connectivity index (χ4n) is 3.90. The molecule has 2 aromatic carbocycles. The first-order valence-electron chi connectivity index (χ1n) is 10.1. The zero-order valence-electron chi connectivity index (χ0n) is 18.2. The van der Waals surface area contributed by atoms with Gasteiger partial charge < -0.3 is 14.6 Å². The number of Topliss-reactive ketones (excluding diaryl/α,β-unsaturated/α-hetero) is 1. The van der Waals surface area contributed by atoms with Gasteiger partial charge in [0.05, 0.1) is 25.8 Å². The van der Waals surface area contributed by atoms with Crippen LogP contribution in [0.2, 0.25) is 5.02 Å². The zero-order chi connectivity index (χ0) is 23.7. The Morgan fingerprint density at radius 2 is 1.76 bits per heavy atom.